The second-order valence-electron chi connectivity index (χ2n) is 5.60. The number of morpholine rings is 1. The number of ether oxygens (including phenoxy) is 1. The molecule has 5 heteroatoms. The summed E-state index contributed by atoms with van der Waals surface area (Å²) in [4.78, 5) is 18.2. The van der Waals surface area contributed by atoms with Gasteiger partial charge in [0, 0.05) is 43.8 Å². The zero-order valence-electron chi connectivity index (χ0n) is 13.5. The summed E-state index contributed by atoms with van der Waals surface area (Å²) in [6.07, 6.45) is 6.70. The van der Waals surface area contributed by atoms with Gasteiger partial charge in [-0.15, -0.1) is 0 Å². The van der Waals surface area contributed by atoms with Gasteiger partial charge in [-0.2, -0.15) is 0 Å². The van der Waals surface area contributed by atoms with Crippen molar-refractivity contribution in [3.8, 4) is 0 Å². The Bertz CT molecular complexity index is 678. The van der Waals surface area contributed by atoms with Gasteiger partial charge in [0.1, 0.15) is 0 Å². The van der Waals surface area contributed by atoms with Crippen molar-refractivity contribution in [3.05, 3.63) is 66.0 Å². The first-order chi connectivity index (χ1) is 11.8. The summed E-state index contributed by atoms with van der Waals surface area (Å²) in [5.74, 6) is -0.115. The van der Waals surface area contributed by atoms with Crippen molar-refractivity contribution in [3.63, 3.8) is 0 Å². The molecule has 0 radical (unpaired) electrons. The molecule has 5 nitrogen and oxygen atoms in total. The lowest BCUT2D eigenvalue weighted by molar-refractivity contribution is -0.116. The number of benzene rings is 1. The number of rotatable bonds is 5. The third-order valence-electron chi connectivity index (χ3n) is 3.89. The van der Waals surface area contributed by atoms with Crippen LogP contribution in [0.1, 0.15) is 11.1 Å². The number of pyridine rings is 1. The lowest BCUT2D eigenvalue weighted by Gasteiger charge is -2.28. The molecule has 1 aliphatic heterocycles. The van der Waals surface area contributed by atoms with Crippen LogP contribution in [0.3, 0.4) is 0 Å². The highest BCUT2D eigenvalue weighted by atomic mass is 16.5. The zero-order valence-corrected chi connectivity index (χ0v) is 13.5. The van der Waals surface area contributed by atoms with E-state index >= 15 is 0 Å². The number of carbonyl (C=O) groups excluding carboxylic acids is 1. The van der Waals surface area contributed by atoms with Gasteiger partial charge in [-0.05, 0) is 35.4 Å². The van der Waals surface area contributed by atoms with Crippen LogP contribution >= 0.6 is 0 Å². The van der Waals surface area contributed by atoms with Crippen LogP contribution in [0.15, 0.2) is 54.9 Å². The van der Waals surface area contributed by atoms with E-state index in [0.717, 1.165) is 37.4 Å². The van der Waals surface area contributed by atoms with E-state index in [9.17, 15) is 4.79 Å². The van der Waals surface area contributed by atoms with Gasteiger partial charge >= 0.3 is 0 Å². The number of nitrogens with zero attached hydrogens (tertiary/aromatic N) is 2. The first-order valence-electron chi connectivity index (χ1n) is 8.09. The van der Waals surface area contributed by atoms with Gasteiger partial charge in [0.2, 0.25) is 5.91 Å². The van der Waals surface area contributed by atoms with Crippen molar-refractivity contribution >= 4 is 17.7 Å². The molecular formula is C19H21N3O2. The van der Waals surface area contributed by atoms with Gasteiger partial charge in [0.15, 0.2) is 0 Å². The number of carbonyl (C=O) groups is 1. The Balaban J connectivity index is 1.49. The first-order valence-corrected chi connectivity index (χ1v) is 8.09. The van der Waals surface area contributed by atoms with E-state index in [-0.39, 0.29) is 5.91 Å². The number of amides is 1. The fourth-order valence-electron chi connectivity index (χ4n) is 2.54. The van der Waals surface area contributed by atoms with Crippen LogP contribution in [0, 0.1) is 0 Å². The molecule has 2 aromatic rings. The Hall–Kier alpha value is -2.66. The number of hydrogen-bond acceptors (Lipinski definition) is 4. The van der Waals surface area contributed by atoms with Gasteiger partial charge in [-0.3, -0.25) is 9.78 Å². The summed E-state index contributed by atoms with van der Waals surface area (Å²) >= 11 is 0. The van der Waals surface area contributed by atoms with E-state index in [1.807, 2.05) is 12.1 Å². The predicted molar refractivity (Wildman–Crippen MR) is 94.6 cm³/mol. The number of anilines is 1. The van der Waals surface area contributed by atoms with Crippen molar-refractivity contribution in [2.75, 3.05) is 31.2 Å². The maximum Gasteiger partial charge on any atom is 0.244 e. The van der Waals surface area contributed by atoms with Gasteiger partial charge in [0.25, 0.3) is 0 Å². The number of nitrogens with one attached hydrogen (secondary N) is 1. The Kier molecular flexibility index (Phi) is 5.58. The minimum absolute atomic E-state index is 0.115. The van der Waals surface area contributed by atoms with Crippen LogP contribution in [0.4, 0.5) is 5.69 Å². The molecule has 1 N–H and O–H groups in total. The summed E-state index contributed by atoms with van der Waals surface area (Å²) < 4.78 is 5.37. The lowest BCUT2D eigenvalue weighted by Crippen LogP contribution is -2.36. The molecule has 24 heavy (non-hydrogen) atoms. The molecule has 3 rings (SSSR count). The molecule has 0 unspecified atom stereocenters. The van der Waals surface area contributed by atoms with Crippen molar-refractivity contribution in [2.45, 2.75) is 6.54 Å². The third-order valence-corrected chi connectivity index (χ3v) is 3.89. The summed E-state index contributed by atoms with van der Waals surface area (Å²) in [5, 5.41) is 2.89. The van der Waals surface area contributed by atoms with Crippen LogP contribution in [-0.2, 0) is 16.1 Å². The van der Waals surface area contributed by atoms with E-state index in [1.54, 1.807) is 18.5 Å². The molecule has 0 aliphatic carbocycles. The molecule has 1 aromatic carbocycles. The minimum atomic E-state index is -0.115. The summed E-state index contributed by atoms with van der Waals surface area (Å²) in [6.45, 7) is 3.92. The fourth-order valence-corrected chi connectivity index (χ4v) is 2.54. The van der Waals surface area contributed by atoms with E-state index in [4.69, 9.17) is 4.74 Å². The van der Waals surface area contributed by atoms with Crippen LogP contribution in [0.5, 0.6) is 0 Å². The van der Waals surface area contributed by atoms with Gasteiger partial charge < -0.3 is 15.0 Å². The molecule has 2 heterocycles. The first kappa shape index (κ1) is 16.2. The number of aromatic nitrogens is 1. The van der Waals surface area contributed by atoms with E-state index in [0.29, 0.717) is 6.54 Å². The monoisotopic (exact) mass is 323 g/mol. The van der Waals surface area contributed by atoms with Gasteiger partial charge in [0.05, 0.1) is 13.2 Å². The molecule has 1 saturated heterocycles. The lowest BCUT2D eigenvalue weighted by atomic mass is 10.2. The molecule has 124 valence electrons. The van der Waals surface area contributed by atoms with Crippen LogP contribution in [0.2, 0.25) is 0 Å². The minimum Gasteiger partial charge on any atom is -0.378 e. The van der Waals surface area contributed by atoms with Crippen molar-refractivity contribution in [1.82, 2.24) is 10.3 Å². The highest BCUT2D eigenvalue weighted by Gasteiger charge is 2.10. The van der Waals surface area contributed by atoms with Crippen molar-refractivity contribution < 1.29 is 9.53 Å². The van der Waals surface area contributed by atoms with Crippen LogP contribution in [-0.4, -0.2) is 37.2 Å². The Morgan fingerprint density at radius 3 is 2.71 bits per heavy atom. The molecule has 0 spiro atoms. The Labute approximate surface area is 142 Å². The second kappa shape index (κ2) is 8.26. The molecule has 0 bridgehead atoms. The highest BCUT2D eigenvalue weighted by molar-refractivity contribution is 5.91. The van der Waals surface area contributed by atoms with Crippen molar-refractivity contribution in [1.29, 1.82) is 0 Å². The molecule has 1 aliphatic rings. The Morgan fingerprint density at radius 2 is 2.00 bits per heavy atom. The summed E-state index contributed by atoms with van der Waals surface area (Å²) in [7, 11) is 0. The predicted octanol–water partition coefficient (Wildman–Crippen LogP) is 2.25. The van der Waals surface area contributed by atoms with Gasteiger partial charge in [-0.25, -0.2) is 0 Å². The zero-order chi connectivity index (χ0) is 16.6. The highest BCUT2D eigenvalue weighted by Crippen LogP contribution is 2.16. The van der Waals surface area contributed by atoms with Crippen LogP contribution in [0.25, 0.3) is 6.08 Å². The average Bonchev–Trinajstić information content (AvgIpc) is 2.67. The van der Waals surface area contributed by atoms with Crippen LogP contribution < -0.4 is 10.2 Å². The van der Waals surface area contributed by atoms with E-state index in [2.05, 4.69) is 39.5 Å². The summed E-state index contributed by atoms with van der Waals surface area (Å²) in [6, 6.07) is 12.0. The maximum atomic E-state index is 11.9. The smallest absolute Gasteiger partial charge is 0.244 e. The standard InChI is InChI=1S/C19H21N3O2/c23-19(8-5-16-2-1-9-20-14-16)21-15-17-3-6-18(7-4-17)22-10-12-24-13-11-22/h1-9,14H,10-13,15H2,(H,21,23)/b8-5-. The second-order valence-corrected chi connectivity index (χ2v) is 5.60. The summed E-state index contributed by atoms with van der Waals surface area (Å²) in [5.41, 5.74) is 3.18. The maximum absolute atomic E-state index is 11.9. The van der Waals surface area contributed by atoms with E-state index < -0.39 is 0 Å². The topological polar surface area (TPSA) is 54.5 Å². The molecule has 1 amide bonds. The van der Waals surface area contributed by atoms with E-state index in [1.165, 1.54) is 11.8 Å². The Morgan fingerprint density at radius 1 is 1.21 bits per heavy atom. The normalized spacial score (nSPS) is 14.8. The quantitative estimate of drug-likeness (QED) is 0.858. The number of hydrogen-bond donors (Lipinski definition) is 1. The van der Waals surface area contributed by atoms with Gasteiger partial charge in [-0.1, -0.05) is 18.2 Å². The molecule has 1 fully saturated rings. The molecular weight excluding hydrogens is 302 g/mol. The van der Waals surface area contributed by atoms with Crippen molar-refractivity contribution in [2.24, 2.45) is 0 Å². The average molecular weight is 323 g/mol. The molecule has 1 aromatic heterocycles. The largest absolute Gasteiger partial charge is 0.378 e. The molecule has 0 saturated carbocycles. The third kappa shape index (κ3) is 4.67. The fraction of sp³-hybridized carbons (Fsp3) is 0.263. The SMILES string of the molecule is O=C(/C=C\c1cccnc1)NCc1ccc(N2CCOCC2)cc1. The molecule has 0 atom stereocenters.